The second-order valence-electron chi connectivity index (χ2n) is 5.37. The van der Waals surface area contributed by atoms with Gasteiger partial charge in [-0.1, -0.05) is 29.3 Å². The smallest absolute Gasteiger partial charge is 0.228 e. The molecular weight excluding hydrogens is 321 g/mol. The van der Waals surface area contributed by atoms with Gasteiger partial charge in [-0.25, -0.2) is 0 Å². The highest BCUT2D eigenvalue weighted by atomic mass is 35.5. The maximum Gasteiger partial charge on any atom is 0.228 e. The van der Waals surface area contributed by atoms with Crippen LogP contribution >= 0.6 is 23.2 Å². The van der Waals surface area contributed by atoms with E-state index < -0.39 is 0 Å². The number of benzene rings is 2. The first-order valence-electron chi connectivity index (χ1n) is 6.98. The van der Waals surface area contributed by atoms with E-state index in [0.717, 1.165) is 17.7 Å². The zero-order valence-corrected chi connectivity index (χ0v) is 13.5. The molecule has 3 nitrogen and oxygen atoms in total. The molecule has 5 heteroatoms. The molecule has 1 saturated carbocycles. The zero-order valence-electron chi connectivity index (χ0n) is 12.0. The maximum atomic E-state index is 12.3. The monoisotopic (exact) mass is 335 g/mol. The van der Waals surface area contributed by atoms with Crippen molar-refractivity contribution in [3.63, 3.8) is 0 Å². The summed E-state index contributed by atoms with van der Waals surface area (Å²) in [5.41, 5.74) is 1.75. The Morgan fingerprint density at radius 2 is 1.91 bits per heavy atom. The van der Waals surface area contributed by atoms with Crippen molar-refractivity contribution in [1.82, 2.24) is 0 Å². The summed E-state index contributed by atoms with van der Waals surface area (Å²) in [5, 5.41) is 4.12. The highest BCUT2D eigenvalue weighted by Gasteiger charge is 2.44. The van der Waals surface area contributed by atoms with E-state index in [2.05, 4.69) is 5.32 Å². The minimum absolute atomic E-state index is 0.00866. The van der Waals surface area contributed by atoms with Crippen molar-refractivity contribution < 1.29 is 9.53 Å². The molecule has 0 aliphatic heterocycles. The average Bonchev–Trinajstić information content (AvgIpc) is 3.27. The van der Waals surface area contributed by atoms with Crippen LogP contribution in [-0.4, -0.2) is 13.0 Å². The summed E-state index contributed by atoms with van der Waals surface area (Å²) in [4.78, 5) is 12.3. The fourth-order valence-electron chi connectivity index (χ4n) is 2.58. The van der Waals surface area contributed by atoms with Crippen LogP contribution < -0.4 is 10.1 Å². The molecule has 0 heterocycles. The molecule has 0 radical (unpaired) electrons. The van der Waals surface area contributed by atoms with E-state index >= 15 is 0 Å². The zero-order chi connectivity index (χ0) is 15.7. The van der Waals surface area contributed by atoms with Gasteiger partial charge in [-0.05, 0) is 48.2 Å². The van der Waals surface area contributed by atoms with Crippen LogP contribution in [0.3, 0.4) is 0 Å². The second-order valence-corrected chi connectivity index (χ2v) is 6.25. The number of halogens is 2. The normalized spacial score (nSPS) is 19.6. The fourth-order valence-corrected chi connectivity index (χ4v) is 3.12. The molecule has 0 aromatic heterocycles. The topological polar surface area (TPSA) is 38.3 Å². The van der Waals surface area contributed by atoms with Crippen molar-refractivity contribution in [3.8, 4) is 5.75 Å². The molecule has 3 rings (SSSR count). The Morgan fingerprint density at radius 3 is 2.59 bits per heavy atom. The molecule has 22 heavy (non-hydrogen) atoms. The number of carbonyl (C=O) groups excluding carboxylic acids is 1. The first-order chi connectivity index (χ1) is 10.6. The number of hydrogen-bond donors (Lipinski definition) is 1. The number of methoxy groups -OCH3 is 1. The van der Waals surface area contributed by atoms with E-state index in [4.69, 9.17) is 27.9 Å². The van der Waals surface area contributed by atoms with E-state index in [9.17, 15) is 4.79 Å². The third-order valence-electron chi connectivity index (χ3n) is 3.78. The van der Waals surface area contributed by atoms with Gasteiger partial charge < -0.3 is 10.1 Å². The predicted molar refractivity (Wildman–Crippen MR) is 88.9 cm³/mol. The van der Waals surface area contributed by atoms with Crippen molar-refractivity contribution in [2.45, 2.75) is 12.3 Å². The van der Waals surface area contributed by atoms with Crippen LogP contribution in [0.15, 0.2) is 42.5 Å². The van der Waals surface area contributed by atoms with Crippen molar-refractivity contribution in [2.75, 3.05) is 12.4 Å². The summed E-state index contributed by atoms with van der Waals surface area (Å²) in [6.45, 7) is 0. The van der Waals surface area contributed by atoms with E-state index in [-0.39, 0.29) is 17.7 Å². The van der Waals surface area contributed by atoms with Gasteiger partial charge >= 0.3 is 0 Å². The SMILES string of the molecule is COc1cccc(NC(=O)C2CC2c2cc(Cl)cc(Cl)c2)c1. The minimum Gasteiger partial charge on any atom is -0.497 e. The lowest BCUT2D eigenvalue weighted by Gasteiger charge is -2.07. The number of rotatable bonds is 4. The van der Waals surface area contributed by atoms with E-state index in [1.165, 1.54) is 0 Å². The lowest BCUT2D eigenvalue weighted by molar-refractivity contribution is -0.117. The number of amides is 1. The molecule has 0 saturated heterocycles. The standard InChI is InChI=1S/C17H15Cl2NO2/c1-22-14-4-2-3-13(8-14)20-17(21)16-9-15(16)10-5-11(18)7-12(19)6-10/h2-8,15-16H,9H2,1H3,(H,20,21). The molecule has 2 atom stereocenters. The van der Waals surface area contributed by atoms with Crippen LogP contribution in [0.2, 0.25) is 10.0 Å². The Hall–Kier alpha value is -1.71. The molecular formula is C17H15Cl2NO2. The van der Waals surface area contributed by atoms with Gasteiger partial charge in [-0.2, -0.15) is 0 Å². The first-order valence-corrected chi connectivity index (χ1v) is 7.73. The Labute approximate surface area is 139 Å². The fraction of sp³-hybridized carbons (Fsp3) is 0.235. The van der Waals surface area contributed by atoms with Gasteiger partial charge in [-0.15, -0.1) is 0 Å². The summed E-state index contributed by atoms with van der Waals surface area (Å²) in [5.74, 6) is 0.865. The van der Waals surface area contributed by atoms with Crippen LogP contribution in [-0.2, 0) is 4.79 Å². The highest BCUT2D eigenvalue weighted by molar-refractivity contribution is 6.34. The van der Waals surface area contributed by atoms with Gasteiger partial charge in [0.1, 0.15) is 5.75 Å². The molecule has 0 spiro atoms. The minimum atomic E-state index is -0.0410. The third-order valence-corrected chi connectivity index (χ3v) is 4.21. The highest BCUT2D eigenvalue weighted by Crippen LogP contribution is 2.49. The van der Waals surface area contributed by atoms with E-state index in [1.807, 2.05) is 30.3 Å². The first kappa shape index (κ1) is 15.2. The van der Waals surface area contributed by atoms with Crippen LogP contribution in [0.5, 0.6) is 5.75 Å². The molecule has 2 aromatic rings. The number of hydrogen-bond acceptors (Lipinski definition) is 2. The molecule has 1 N–H and O–H groups in total. The van der Waals surface area contributed by atoms with Crippen LogP contribution in [0, 0.1) is 5.92 Å². The van der Waals surface area contributed by atoms with E-state index in [1.54, 1.807) is 19.2 Å². The molecule has 114 valence electrons. The van der Waals surface area contributed by atoms with E-state index in [0.29, 0.717) is 15.8 Å². The quantitative estimate of drug-likeness (QED) is 0.875. The van der Waals surface area contributed by atoms with Crippen LogP contribution in [0.1, 0.15) is 17.9 Å². The number of ether oxygens (including phenoxy) is 1. The van der Waals surface area contributed by atoms with Gasteiger partial charge in [0, 0.05) is 27.7 Å². The van der Waals surface area contributed by atoms with Gasteiger partial charge in [0.25, 0.3) is 0 Å². The van der Waals surface area contributed by atoms with Gasteiger partial charge in [0.2, 0.25) is 5.91 Å². The number of nitrogens with one attached hydrogen (secondary N) is 1. The third kappa shape index (κ3) is 3.37. The van der Waals surface area contributed by atoms with Crippen molar-refractivity contribution in [1.29, 1.82) is 0 Å². The summed E-state index contributed by atoms with van der Waals surface area (Å²) in [6, 6.07) is 12.8. The van der Waals surface area contributed by atoms with Crippen LogP contribution in [0.4, 0.5) is 5.69 Å². The second kappa shape index (κ2) is 6.19. The summed E-state index contributed by atoms with van der Waals surface area (Å²) in [7, 11) is 1.60. The van der Waals surface area contributed by atoms with Crippen molar-refractivity contribution in [3.05, 3.63) is 58.1 Å². The summed E-state index contributed by atoms with van der Waals surface area (Å²) in [6.07, 6.45) is 0.812. The van der Waals surface area contributed by atoms with Crippen molar-refractivity contribution in [2.24, 2.45) is 5.92 Å². The summed E-state index contributed by atoms with van der Waals surface area (Å²) < 4.78 is 5.15. The molecule has 1 fully saturated rings. The maximum absolute atomic E-state index is 12.3. The Bertz CT molecular complexity index is 697. The predicted octanol–water partition coefficient (Wildman–Crippen LogP) is 4.74. The molecule has 1 aliphatic rings. The Kier molecular flexibility index (Phi) is 4.27. The lowest BCUT2D eigenvalue weighted by Crippen LogP contribution is -2.14. The Balaban J connectivity index is 1.67. The molecule has 2 unspecified atom stereocenters. The summed E-state index contributed by atoms with van der Waals surface area (Å²) >= 11 is 12.0. The van der Waals surface area contributed by atoms with Gasteiger partial charge in [0.15, 0.2) is 0 Å². The molecule has 2 aromatic carbocycles. The lowest BCUT2D eigenvalue weighted by atomic mass is 10.1. The number of carbonyl (C=O) groups is 1. The molecule has 0 bridgehead atoms. The Morgan fingerprint density at radius 1 is 1.18 bits per heavy atom. The van der Waals surface area contributed by atoms with Gasteiger partial charge in [0.05, 0.1) is 7.11 Å². The molecule has 1 amide bonds. The largest absolute Gasteiger partial charge is 0.497 e. The van der Waals surface area contributed by atoms with Crippen molar-refractivity contribution >= 4 is 34.8 Å². The average molecular weight is 336 g/mol. The van der Waals surface area contributed by atoms with Crippen LogP contribution in [0.25, 0.3) is 0 Å². The number of anilines is 1. The molecule has 1 aliphatic carbocycles. The van der Waals surface area contributed by atoms with Gasteiger partial charge in [-0.3, -0.25) is 4.79 Å².